The Morgan fingerprint density at radius 2 is 2.04 bits per heavy atom. The van der Waals surface area contributed by atoms with Gasteiger partial charge in [0.2, 0.25) is 0 Å². The molecular formula is C17H35IN4O2. The van der Waals surface area contributed by atoms with Gasteiger partial charge in [-0.05, 0) is 39.5 Å². The number of nitrogens with zero attached hydrogens (tertiary/aromatic N) is 2. The molecule has 0 aliphatic carbocycles. The molecule has 1 rings (SSSR count). The van der Waals surface area contributed by atoms with E-state index in [1.807, 2.05) is 20.8 Å². The van der Waals surface area contributed by atoms with Crippen LogP contribution in [0.25, 0.3) is 0 Å². The minimum absolute atomic E-state index is 0. The third-order valence-electron chi connectivity index (χ3n) is 3.79. The van der Waals surface area contributed by atoms with E-state index in [1.54, 1.807) is 4.90 Å². The lowest BCUT2D eigenvalue weighted by Crippen LogP contribution is -2.35. The normalized spacial score (nSPS) is 18.2. The number of carbonyl (C=O) groups excluding carboxylic acids is 1. The van der Waals surface area contributed by atoms with E-state index < -0.39 is 5.60 Å². The number of nitrogens with two attached hydrogens (primary N) is 1. The van der Waals surface area contributed by atoms with Gasteiger partial charge in [-0.1, -0.05) is 26.2 Å². The summed E-state index contributed by atoms with van der Waals surface area (Å²) in [7, 11) is 0. The monoisotopic (exact) mass is 454 g/mol. The lowest BCUT2D eigenvalue weighted by Gasteiger charge is -2.24. The van der Waals surface area contributed by atoms with Crippen molar-refractivity contribution in [3.05, 3.63) is 0 Å². The van der Waals surface area contributed by atoms with Crippen molar-refractivity contribution < 1.29 is 9.53 Å². The van der Waals surface area contributed by atoms with Gasteiger partial charge in [0.05, 0.1) is 0 Å². The van der Waals surface area contributed by atoms with Crippen molar-refractivity contribution in [2.24, 2.45) is 16.6 Å². The van der Waals surface area contributed by atoms with Gasteiger partial charge in [0.15, 0.2) is 5.96 Å². The van der Waals surface area contributed by atoms with E-state index in [1.165, 1.54) is 19.3 Å². The maximum Gasteiger partial charge on any atom is 0.410 e. The van der Waals surface area contributed by atoms with E-state index in [2.05, 4.69) is 17.2 Å². The lowest BCUT2D eigenvalue weighted by molar-refractivity contribution is 0.0289. The second-order valence-electron chi connectivity index (χ2n) is 7.29. The summed E-state index contributed by atoms with van der Waals surface area (Å²) in [5, 5.41) is 3.15. The Morgan fingerprint density at radius 1 is 1.33 bits per heavy atom. The van der Waals surface area contributed by atoms with Crippen molar-refractivity contribution in [2.45, 2.75) is 65.4 Å². The van der Waals surface area contributed by atoms with Gasteiger partial charge >= 0.3 is 6.09 Å². The molecule has 0 aromatic rings. The maximum absolute atomic E-state index is 12.0. The molecular weight excluding hydrogens is 419 g/mol. The Kier molecular flexibility index (Phi) is 11.4. The highest BCUT2D eigenvalue weighted by Gasteiger charge is 2.29. The zero-order valence-corrected chi connectivity index (χ0v) is 18.0. The maximum atomic E-state index is 12.0. The molecule has 1 amide bonds. The molecule has 1 heterocycles. The Bertz CT molecular complexity index is 397. The van der Waals surface area contributed by atoms with Crippen LogP contribution in [0, 0.1) is 5.92 Å². The molecule has 1 saturated heterocycles. The number of ether oxygens (including phenoxy) is 1. The molecule has 0 aromatic carbocycles. The third kappa shape index (κ3) is 10.2. The van der Waals surface area contributed by atoms with Gasteiger partial charge in [0.1, 0.15) is 5.60 Å². The van der Waals surface area contributed by atoms with E-state index in [4.69, 9.17) is 10.5 Å². The molecule has 1 unspecified atom stereocenters. The second kappa shape index (κ2) is 11.8. The molecule has 3 N–H and O–H groups in total. The molecule has 1 fully saturated rings. The molecule has 1 atom stereocenters. The van der Waals surface area contributed by atoms with Crippen molar-refractivity contribution in [3.8, 4) is 0 Å². The Hall–Kier alpha value is -0.730. The summed E-state index contributed by atoms with van der Waals surface area (Å²) < 4.78 is 5.39. The summed E-state index contributed by atoms with van der Waals surface area (Å²) in [6.45, 7) is 10.8. The van der Waals surface area contributed by atoms with Gasteiger partial charge in [-0.2, -0.15) is 0 Å². The largest absolute Gasteiger partial charge is 0.444 e. The Labute approximate surface area is 164 Å². The Balaban J connectivity index is 0.00000529. The molecule has 0 bridgehead atoms. The number of guanidine groups is 1. The van der Waals surface area contributed by atoms with Crippen LogP contribution in [0.3, 0.4) is 0 Å². The zero-order chi connectivity index (χ0) is 17.3. The van der Waals surface area contributed by atoms with Crippen LogP contribution in [0.5, 0.6) is 0 Å². The van der Waals surface area contributed by atoms with Crippen LogP contribution in [0.15, 0.2) is 4.99 Å². The fourth-order valence-corrected chi connectivity index (χ4v) is 2.53. The average Bonchev–Trinajstić information content (AvgIpc) is 2.92. The highest BCUT2D eigenvalue weighted by atomic mass is 127. The van der Waals surface area contributed by atoms with Crippen LogP contribution in [0.4, 0.5) is 4.79 Å². The smallest absolute Gasteiger partial charge is 0.410 e. The number of aliphatic imine (C=N–C) groups is 1. The number of likely N-dealkylation sites (tertiary alicyclic amines) is 1. The van der Waals surface area contributed by atoms with Crippen molar-refractivity contribution in [2.75, 3.05) is 26.2 Å². The highest BCUT2D eigenvalue weighted by Crippen LogP contribution is 2.19. The summed E-state index contributed by atoms with van der Waals surface area (Å²) >= 11 is 0. The minimum atomic E-state index is -0.445. The fourth-order valence-electron chi connectivity index (χ4n) is 2.53. The number of hydrogen-bond donors (Lipinski definition) is 2. The standard InChI is InChI=1S/C17H34N4O2.HI/c1-5-6-7-8-10-19-15(18)20-12-14-9-11-21(13-14)16(22)23-17(2,3)4;/h14H,5-13H2,1-4H3,(H3,18,19,20);1H. The van der Waals surface area contributed by atoms with E-state index in [-0.39, 0.29) is 30.1 Å². The van der Waals surface area contributed by atoms with Gasteiger partial charge in [-0.15, -0.1) is 24.0 Å². The summed E-state index contributed by atoms with van der Waals surface area (Å²) in [5.74, 6) is 0.875. The van der Waals surface area contributed by atoms with Crippen LogP contribution in [-0.2, 0) is 4.74 Å². The first-order valence-corrected chi connectivity index (χ1v) is 8.83. The zero-order valence-electron chi connectivity index (χ0n) is 15.6. The van der Waals surface area contributed by atoms with Crippen LogP contribution < -0.4 is 11.1 Å². The summed E-state index contributed by atoms with van der Waals surface area (Å²) in [6.07, 6.45) is 5.57. The number of nitrogens with one attached hydrogen (secondary N) is 1. The van der Waals surface area contributed by atoms with Gasteiger partial charge in [-0.25, -0.2) is 4.79 Å². The summed E-state index contributed by atoms with van der Waals surface area (Å²) in [4.78, 5) is 18.2. The predicted molar refractivity (Wildman–Crippen MR) is 110 cm³/mol. The molecule has 1 aliphatic heterocycles. The topological polar surface area (TPSA) is 80.0 Å². The first kappa shape index (κ1) is 23.3. The van der Waals surface area contributed by atoms with E-state index >= 15 is 0 Å². The number of hydrogen-bond acceptors (Lipinski definition) is 3. The average molecular weight is 454 g/mol. The second-order valence-corrected chi connectivity index (χ2v) is 7.29. The van der Waals surface area contributed by atoms with E-state index in [9.17, 15) is 4.79 Å². The van der Waals surface area contributed by atoms with Crippen LogP contribution in [0.1, 0.15) is 59.8 Å². The van der Waals surface area contributed by atoms with Crippen LogP contribution in [-0.4, -0.2) is 48.7 Å². The molecule has 0 saturated carbocycles. The van der Waals surface area contributed by atoms with Gasteiger partial charge in [0, 0.05) is 26.2 Å². The molecule has 7 heteroatoms. The van der Waals surface area contributed by atoms with Crippen molar-refractivity contribution in [3.63, 3.8) is 0 Å². The minimum Gasteiger partial charge on any atom is -0.444 e. The molecule has 24 heavy (non-hydrogen) atoms. The van der Waals surface area contributed by atoms with Crippen molar-refractivity contribution in [1.82, 2.24) is 10.2 Å². The van der Waals surface area contributed by atoms with Crippen molar-refractivity contribution >= 4 is 36.0 Å². The summed E-state index contributed by atoms with van der Waals surface area (Å²) in [5.41, 5.74) is 5.43. The number of carbonyl (C=O) groups is 1. The van der Waals surface area contributed by atoms with E-state index in [0.29, 0.717) is 25.0 Å². The van der Waals surface area contributed by atoms with E-state index in [0.717, 1.165) is 25.9 Å². The lowest BCUT2D eigenvalue weighted by atomic mass is 10.1. The summed E-state index contributed by atoms with van der Waals surface area (Å²) in [6, 6.07) is 0. The van der Waals surface area contributed by atoms with Gasteiger partial charge < -0.3 is 20.7 Å². The molecule has 6 nitrogen and oxygen atoms in total. The molecule has 0 spiro atoms. The molecule has 142 valence electrons. The number of halogens is 1. The van der Waals surface area contributed by atoms with Crippen molar-refractivity contribution in [1.29, 1.82) is 0 Å². The molecule has 1 aliphatic rings. The number of unbranched alkanes of at least 4 members (excludes halogenated alkanes) is 3. The number of rotatable bonds is 7. The molecule has 0 radical (unpaired) electrons. The van der Waals surface area contributed by atoms with Crippen LogP contribution in [0.2, 0.25) is 0 Å². The predicted octanol–water partition coefficient (Wildman–Crippen LogP) is 3.35. The van der Waals surface area contributed by atoms with Gasteiger partial charge in [-0.3, -0.25) is 4.99 Å². The first-order chi connectivity index (χ1) is 10.8. The number of amides is 1. The molecule has 0 aromatic heterocycles. The quantitative estimate of drug-likeness (QED) is 0.268. The first-order valence-electron chi connectivity index (χ1n) is 8.83. The third-order valence-corrected chi connectivity index (χ3v) is 3.79. The SMILES string of the molecule is CCCCCCNC(N)=NCC1CCN(C(=O)OC(C)(C)C)C1.I. The van der Waals surface area contributed by atoms with Crippen LogP contribution >= 0.6 is 24.0 Å². The highest BCUT2D eigenvalue weighted by molar-refractivity contribution is 14.0. The van der Waals surface area contributed by atoms with Gasteiger partial charge in [0.25, 0.3) is 0 Å². The Morgan fingerprint density at radius 3 is 2.67 bits per heavy atom. The fraction of sp³-hybridized carbons (Fsp3) is 0.882.